The van der Waals surface area contributed by atoms with E-state index in [4.69, 9.17) is 0 Å². The topological polar surface area (TPSA) is 0 Å². The molecule has 0 saturated carbocycles. The predicted octanol–water partition coefficient (Wildman–Crippen LogP) is 2.13. The van der Waals surface area contributed by atoms with Crippen molar-refractivity contribution in [2.24, 2.45) is 0 Å². The van der Waals surface area contributed by atoms with Crippen LogP contribution < -0.4 is 4.46 Å². The van der Waals surface area contributed by atoms with Crippen LogP contribution >= 0.6 is 15.9 Å². The maximum atomic E-state index is 3.54. The zero-order valence-corrected chi connectivity index (χ0v) is 9.75. The van der Waals surface area contributed by atoms with E-state index in [-0.39, 0.29) is 0 Å². The van der Waals surface area contributed by atoms with Gasteiger partial charge in [-0.05, 0) is 0 Å². The van der Waals surface area contributed by atoms with E-state index in [0.29, 0.717) is 0 Å². The van der Waals surface area contributed by atoms with E-state index in [2.05, 4.69) is 68.3 Å². The van der Waals surface area contributed by atoms with Crippen molar-refractivity contribution < 1.29 is 0 Å². The second kappa shape index (κ2) is 3.21. The van der Waals surface area contributed by atoms with Crippen LogP contribution in [0, 0.1) is 0 Å². The molecule has 0 fully saturated rings. The number of benzene rings is 2. The minimum atomic E-state index is 1.16. The zero-order chi connectivity index (χ0) is 8.55. The molecule has 0 bridgehead atoms. The van der Waals surface area contributed by atoms with Crippen molar-refractivity contribution in [1.82, 2.24) is 0 Å². The molecule has 2 aromatic carbocycles. The molecule has 2 heteroatoms. The molecule has 0 radical (unpaired) electrons. The summed E-state index contributed by atoms with van der Waals surface area (Å²) in [7, 11) is 0. The second-order valence-corrected chi connectivity index (χ2v) is 4.48. The average molecular weight is 286 g/mol. The van der Waals surface area contributed by atoms with Gasteiger partial charge in [0.05, 0.1) is 0 Å². The molecule has 60 valence electrons. The Balaban J connectivity index is 2.96. The number of fused-ring (bicyclic) bond motifs is 1. The third-order valence-electron chi connectivity index (χ3n) is 1.83. The first-order valence-corrected chi connectivity index (χ1v) is 5.38. The van der Waals surface area contributed by atoms with Crippen LogP contribution in [0.15, 0.2) is 40.9 Å². The Hall–Kier alpha value is -0.301. The van der Waals surface area contributed by atoms with Crippen molar-refractivity contribution in [1.29, 1.82) is 0 Å². The summed E-state index contributed by atoms with van der Waals surface area (Å²) in [5.74, 6) is 0. The van der Waals surface area contributed by atoms with Crippen LogP contribution in [-0.2, 0) is 0 Å². The van der Waals surface area contributed by atoms with Gasteiger partial charge in [-0.15, -0.1) is 0 Å². The third kappa shape index (κ3) is 1.31. The standard InChI is InChI=1S/C10H7BrSe/c11-8-5-1-3-7-4-2-6-9(12)10(7)8/h1-6,12H. The van der Waals surface area contributed by atoms with E-state index >= 15 is 0 Å². The van der Waals surface area contributed by atoms with Crippen molar-refractivity contribution in [3.05, 3.63) is 40.9 Å². The number of hydrogen-bond acceptors (Lipinski definition) is 0. The predicted molar refractivity (Wildman–Crippen MR) is 58.4 cm³/mol. The van der Waals surface area contributed by atoms with Gasteiger partial charge < -0.3 is 0 Å². The summed E-state index contributed by atoms with van der Waals surface area (Å²) in [6, 6.07) is 12.5. The molecule has 12 heavy (non-hydrogen) atoms. The Bertz CT molecular complexity index is 386. The first-order chi connectivity index (χ1) is 5.79. The van der Waals surface area contributed by atoms with Gasteiger partial charge in [0.2, 0.25) is 0 Å². The molecule has 0 aromatic heterocycles. The van der Waals surface area contributed by atoms with Gasteiger partial charge in [-0.25, -0.2) is 0 Å². The maximum absolute atomic E-state index is 3.54. The minimum absolute atomic E-state index is 1.16. The molecule has 0 heterocycles. The Labute approximate surface area is 87.9 Å². The molecule has 0 spiro atoms. The van der Waals surface area contributed by atoms with Crippen LogP contribution in [0.3, 0.4) is 0 Å². The Kier molecular flexibility index (Phi) is 2.22. The molecular weight excluding hydrogens is 279 g/mol. The van der Waals surface area contributed by atoms with Crippen molar-refractivity contribution in [2.45, 2.75) is 0 Å². The monoisotopic (exact) mass is 286 g/mol. The fourth-order valence-corrected chi connectivity index (χ4v) is 2.91. The van der Waals surface area contributed by atoms with Gasteiger partial charge in [-0.3, -0.25) is 0 Å². The summed E-state index contributed by atoms with van der Waals surface area (Å²) >= 11 is 6.13. The fraction of sp³-hybridized carbons (Fsp3) is 0. The Morgan fingerprint density at radius 3 is 2.33 bits per heavy atom. The van der Waals surface area contributed by atoms with Crippen molar-refractivity contribution >= 4 is 47.2 Å². The number of rotatable bonds is 0. The first kappa shape index (κ1) is 8.30. The van der Waals surface area contributed by atoms with E-state index in [1.165, 1.54) is 15.2 Å². The summed E-state index contributed by atoms with van der Waals surface area (Å²) in [4.78, 5) is 0. The Morgan fingerprint density at radius 2 is 1.67 bits per heavy atom. The molecule has 0 nitrogen and oxygen atoms in total. The molecule has 0 aliphatic rings. The molecule has 0 saturated heterocycles. The van der Waals surface area contributed by atoms with Gasteiger partial charge in [-0.1, -0.05) is 0 Å². The SMILES string of the molecule is [SeH]c1cccc2cccc(Br)c12. The summed E-state index contributed by atoms with van der Waals surface area (Å²) < 4.78 is 2.42. The molecule has 0 aliphatic carbocycles. The van der Waals surface area contributed by atoms with Crippen LogP contribution in [0.25, 0.3) is 10.8 Å². The fourth-order valence-electron chi connectivity index (χ4n) is 1.28. The third-order valence-corrected chi connectivity index (χ3v) is 3.27. The molecule has 0 aliphatic heterocycles. The van der Waals surface area contributed by atoms with Gasteiger partial charge in [-0.2, -0.15) is 0 Å². The zero-order valence-electron chi connectivity index (χ0n) is 6.29. The molecule has 0 N–H and O–H groups in total. The van der Waals surface area contributed by atoms with Crippen molar-refractivity contribution in [3.63, 3.8) is 0 Å². The van der Waals surface area contributed by atoms with E-state index in [1.54, 1.807) is 0 Å². The van der Waals surface area contributed by atoms with Crippen molar-refractivity contribution in [2.75, 3.05) is 0 Å². The van der Waals surface area contributed by atoms with Crippen LogP contribution in [0.2, 0.25) is 0 Å². The quantitative estimate of drug-likeness (QED) is 0.651. The average Bonchev–Trinajstić information content (AvgIpc) is 2.04. The van der Waals surface area contributed by atoms with Crippen LogP contribution in [-0.4, -0.2) is 16.0 Å². The Morgan fingerprint density at radius 1 is 1.00 bits per heavy atom. The van der Waals surface area contributed by atoms with Crippen LogP contribution in [0.4, 0.5) is 0 Å². The summed E-state index contributed by atoms with van der Waals surface area (Å²) in [6.45, 7) is 0. The van der Waals surface area contributed by atoms with Gasteiger partial charge in [0.25, 0.3) is 0 Å². The van der Waals surface area contributed by atoms with Gasteiger partial charge in [0.15, 0.2) is 0 Å². The van der Waals surface area contributed by atoms with Gasteiger partial charge in [0.1, 0.15) is 0 Å². The van der Waals surface area contributed by atoms with E-state index in [0.717, 1.165) is 4.47 Å². The van der Waals surface area contributed by atoms with E-state index in [9.17, 15) is 0 Å². The van der Waals surface area contributed by atoms with E-state index < -0.39 is 0 Å². The normalized spacial score (nSPS) is 10.5. The second-order valence-electron chi connectivity index (χ2n) is 2.62. The van der Waals surface area contributed by atoms with Crippen molar-refractivity contribution in [3.8, 4) is 0 Å². The van der Waals surface area contributed by atoms with Gasteiger partial charge in [0, 0.05) is 0 Å². The van der Waals surface area contributed by atoms with E-state index in [1.807, 2.05) is 0 Å². The molecule has 0 amide bonds. The van der Waals surface area contributed by atoms with Crippen LogP contribution in [0.5, 0.6) is 0 Å². The number of halogens is 1. The van der Waals surface area contributed by atoms with Crippen LogP contribution in [0.1, 0.15) is 0 Å². The molecular formula is C10H7BrSe. The first-order valence-electron chi connectivity index (χ1n) is 3.65. The van der Waals surface area contributed by atoms with Gasteiger partial charge >= 0.3 is 88.0 Å². The summed E-state index contributed by atoms with van der Waals surface area (Å²) in [5.41, 5.74) is 0. The summed E-state index contributed by atoms with van der Waals surface area (Å²) in [5, 5.41) is 2.57. The molecule has 0 atom stereocenters. The summed E-state index contributed by atoms with van der Waals surface area (Å²) in [6.07, 6.45) is 0. The molecule has 2 aromatic rings. The molecule has 2 rings (SSSR count). The number of hydrogen-bond donors (Lipinski definition) is 0. The molecule has 0 unspecified atom stereocenters.